The Kier molecular flexibility index (Phi) is 6.00. The quantitative estimate of drug-likeness (QED) is 0.358. The molecule has 9 heteroatoms. The van der Waals surface area contributed by atoms with Crippen LogP contribution in [0, 0.1) is 12.7 Å². The second-order valence-corrected chi connectivity index (χ2v) is 8.65. The van der Waals surface area contributed by atoms with Gasteiger partial charge in [-0.15, -0.1) is 0 Å². The van der Waals surface area contributed by atoms with Gasteiger partial charge in [-0.25, -0.2) is 17.8 Å². The van der Waals surface area contributed by atoms with Gasteiger partial charge in [-0.05, 0) is 67.6 Å². The monoisotopic (exact) mass is 449 g/mol. The van der Waals surface area contributed by atoms with Crippen molar-refractivity contribution in [2.75, 3.05) is 15.4 Å². The molecule has 162 valence electrons. The largest absolute Gasteiger partial charge is 0.340 e. The Morgan fingerprint density at radius 1 is 0.750 bits per heavy atom. The lowest BCUT2D eigenvalue weighted by molar-refractivity contribution is 0.599. The van der Waals surface area contributed by atoms with Crippen molar-refractivity contribution < 1.29 is 12.8 Å². The Bertz CT molecular complexity index is 1310. The van der Waals surface area contributed by atoms with Gasteiger partial charge in [0.15, 0.2) is 0 Å². The van der Waals surface area contributed by atoms with E-state index < -0.39 is 15.8 Å². The van der Waals surface area contributed by atoms with Crippen LogP contribution in [-0.4, -0.2) is 18.4 Å². The molecule has 3 aromatic carbocycles. The summed E-state index contributed by atoms with van der Waals surface area (Å²) in [4.78, 5) is 8.85. The van der Waals surface area contributed by atoms with Crippen LogP contribution >= 0.6 is 0 Å². The van der Waals surface area contributed by atoms with Crippen molar-refractivity contribution in [2.24, 2.45) is 0 Å². The van der Waals surface area contributed by atoms with Gasteiger partial charge in [0.1, 0.15) is 11.6 Å². The summed E-state index contributed by atoms with van der Waals surface area (Å²) in [5, 5.41) is 6.35. The molecule has 3 N–H and O–H groups in total. The summed E-state index contributed by atoms with van der Waals surface area (Å²) in [6, 6.07) is 22.8. The molecular formula is C23H20FN5O2S. The smallest absolute Gasteiger partial charge is 0.261 e. The number of hydrogen-bond acceptors (Lipinski definition) is 6. The van der Waals surface area contributed by atoms with E-state index in [0.717, 1.165) is 23.5 Å². The zero-order valence-corrected chi connectivity index (χ0v) is 17.9. The molecule has 4 aromatic rings. The third kappa shape index (κ3) is 5.38. The predicted octanol–water partition coefficient (Wildman–Crippen LogP) is 5.21. The van der Waals surface area contributed by atoms with Crippen molar-refractivity contribution in [3.05, 3.63) is 96.4 Å². The fraction of sp³-hybridized carbons (Fsp3) is 0.0435. The molecule has 0 saturated heterocycles. The van der Waals surface area contributed by atoms with E-state index in [0.29, 0.717) is 23.1 Å². The topological polar surface area (TPSA) is 96.0 Å². The van der Waals surface area contributed by atoms with Crippen LogP contribution in [0.25, 0.3) is 0 Å². The lowest BCUT2D eigenvalue weighted by Gasteiger charge is -2.11. The molecule has 0 unspecified atom stereocenters. The van der Waals surface area contributed by atoms with E-state index in [9.17, 15) is 12.8 Å². The summed E-state index contributed by atoms with van der Waals surface area (Å²) >= 11 is 0. The number of anilines is 5. The number of aromatic nitrogens is 2. The van der Waals surface area contributed by atoms with Crippen LogP contribution in [-0.2, 0) is 10.0 Å². The number of nitrogens with one attached hydrogen (secondary N) is 3. The van der Waals surface area contributed by atoms with Crippen LogP contribution in [0.5, 0.6) is 0 Å². The van der Waals surface area contributed by atoms with E-state index in [-0.39, 0.29) is 4.90 Å². The minimum absolute atomic E-state index is 0.0206. The molecule has 0 amide bonds. The van der Waals surface area contributed by atoms with Gasteiger partial charge in [0.25, 0.3) is 10.0 Å². The molecule has 4 rings (SSSR count). The van der Waals surface area contributed by atoms with Crippen LogP contribution in [0.4, 0.5) is 33.2 Å². The fourth-order valence-electron chi connectivity index (χ4n) is 2.94. The molecule has 7 nitrogen and oxygen atoms in total. The molecule has 0 spiro atoms. The van der Waals surface area contributed by atoms with E-state index in [1.54, 1.807) is 24.3 Å². The molecule has 0 aliphatic carbocycles. The maximum atomic E-state index is 13.0. The predicted molar refractivity (Wildman–Crippen MR) is 123 cm³/mol. The van der Waals surface area contributed by atoms with Gasteiger partial charge in [0.05, 0.1) is 4.90 Å². The number of sulfonamides is 1. The van der Waals surface area contributed by atoms with Gasteiger partial charge in [-0.2, -0.15) is 4.98 Å². The molecule has 0 atom stereocenters. The maximum Gasteiger partial charge on any atom is 0.261 e. The van der Waals surface area contributed by atoms with E-state index in [4.69, 9.17) is 0 Å². The molecule has 0 radical (unpaired) electrons. The summed E-state index contributed by atoms with van der Waals surface area (Å²) in [5.74, 6) is 0.554. The van der Waals surface area contributed by atoms with Crippen LogP contribution in [0.2, 0.25) is 0 Å². The van der Waals surface area contributed by atoms with Crippen molar-refractivity contribution in [3.8, 4) is 0 Å². The molecule has 1 heterocycles. The minimum atomic E-state index is -3.81. The third-order valence-corrected chi connectivity index (χ3v) is 5.81. The first kappa shape index (κ1) is 21.3. The number of para-hydroxylation sites is 1. The standard InChI is InChI=1S/C23H20FN5O2S/c1-16-15-22(26-18-5-3-2-4-6-18)28-23(25-16)27-19-9-11-20(12-10-19)29-32(30,31)21-13-7-17(24)8-14-21/h2-15,29H,1H3,(H2,25,26,27,28). The Morgan fingerprint density at radius 2 is 1.38 bits per heavy atom. The SMILES string of the molecule is Cc1cc(Nc2ccccc2)nc(Nc2ccc(NS(=O)(=O)c3ccc(F)cc3)cc2)n1. The Morgan fingerprint density at radius 3 is 2.06 bits per heavy atom. The highest BCUT2D eigenvalue weighted by Gasteiger charge is 2.14. The molecule has 0 saturated carbocycles. The van der Waals surface area contributed by atoms with Crippen molar-refractivity contribution >= 4 is 38.9 Å². The minimum Gasteiger partial charge on any atom is -0.340 e. The van der Waals surface area contributed by atoms with Crippen LogP contribution in [0.15, 0.2) is 89.8 Å². The molecule has 1 aromatic heterocycles. The summed E-state index contributed by atoms with van der Waals surface area (Å²) in [5.41, 5.74) is 2.75. The van der Waals surface area contributed by atoms with Crippen LogP contribution in [0.3, 0.4) is 0 Å². The first-order chi connectivity index (χ1) is 15.4. The first-order valence-electron chi connectivity index (χ1n) is 9.71. The average molecular weight is 450 g/mol. The van der Waals surface area contributed by atoms with Gasteiger partial charge >= 0.3 is 0 Å². The van der Waals surface area contributed by atoms with Gasteiger partial charge in [0.2, 0.25) is 5.95 Å². The first-order valence-corrected chi connectivity index (χ1v) is 11.2. The molecule has 0 bridgehead atoms. The molecular weight excluding hydrogens is 429 g/mol. The van der Waals surface area contributed by atoms with Gasteiger partial charge in [-0.3, -0.25) is 4.72 Å². The molecule has 0 aliphatic heterocycles. The highest BCUT2D eigenvalue weighted by Crippen LogP contribution is 2.22. The van der Waals surface area contributed by atoms with Crippen LogP contribution < -0.4 is 15.4 Å². The number of rotatable bonds is 7. The van der Waals surface area contributed by atoms with Gasteiger partial charge < -0.3 is 10.6 Å². The van der Waals surface area contributed by atoms with Crippen molar-refractivity contribution in [1.82, 2.24) is 9.97 Å². The van der Waals surface area contributed by atoms with E-state index in [1.807, 2.05) is 43.3 Å². The molecule has 32 heavy (non-hydrogen) atoms. The van der Waals surface area contributed by atoms with E-state index >= 15 is 0 Å². The number of nitrogens with zero attached hydrogens (tertiary/aromatic N) is 2. The third-order valence-electron chi connectivity index (χ3n) is 4.42. The summed E-state index contributed by atoms with van der Waals surface area (Å²) < 4.78 is 40.4. The number of aryl methyl sites for hydroxylation is 1. The second-order valence-electron chi connectivity index (χ2n) is 6.97. The highest BCUT2D eigenvalue weighted by atomic mass is 32.2. The molecule has 0 aliphatic rings. The normalized spacial score (nSPS) is 11.1. The summed E-state index contributed by atoms with van der Waals surface area (Å²) in [6.45, 7) is 1.87. The fourth-order valence-corrected chi connectivity index (χ4v) is 4.00. The zero-order chi connectivity index (χ0) is 22.6. The van der Waals surface area contributed by atoms with E-state index in [2.05, 4.69) is 25.3 Å². The Labute approximate surface area is 185 Å². The number of halogens is 1. The van der Waals surface area contributed by atoms with Crippen LogP contribution in [0.1, 0.15) is 5.69 Å². The highest BCUT2D eigenvalue weighted by molar-refractivity contribution is 7.92. The average Bonchev–Trinajstić information content (AvgIpc) is 2.75. The van der Waals surface area contributed by atoms with Crippen molar-refractivity contribution in [1.29, 1.82) is 0 Å². The Balaban J connectivity index is 1.46. The number of benzene rings is 3. The van der Waals surface area contributed by atoms with Crippen molar-refractivity contribution in [3.63, 3.8) is 0 Å². The maximum absolute atomic E-state index is 13.0. The summed E-state index contributed by atoms with van der Waals surface area (Å²) in [7, 11) is -3.81. The zero-order valence-electron chi connectivity index (χ0n) is 17.1. The van der Waals surface area contributed by atoms with Gasteiger partial charge in [0, 0.05) is 28.8 Å². The molecule has 0 fully saturated rings. The van der Waals surface area contributed by atoms with E-state index in [1.165, 1.54) is 12.1 Å². The summed E-state index contributed by atoms with van der Waals surface area (Å²) in [6.07, 6.45) is 0. The van der Waals surface area contributed by atoms with Gasteiger partial charge in [-0.1, -0.05) is 18.2 Å². The lowest BCUT2D eigenvalue weighted by atomic mass is 10.3. The van der Waals surface area contributed by atoms with Crippen molar-refractivity contribution in [2.45, 2.75) is 11.8 Å². The second kappa shape index (κ2) is 9.03. The number of hydrogen-bond donors (Lipinski definition) is 3. The Hall–Kier alpha value is -3.98. The lowest BCUT2D eigenvalue weighted by Crippen LogP contribution is -2.12.